The lowest BCUT2D eigenvalue weighted by Gasteiger charge is -2.32. The minimum atomic E-state index is -0.613. The fraction of sp³-hybridized carbons (Fsp3) is 0.310. The van der Waals surface area contributed by atoms with Gasteiger partial charge in [-0.2, -0.15) is 0 Å². The van der Waals surface area contributed by atoms with Gasteiger partial charge in [-0.1, -0.05) is 102 Å². The Morgan fingerprint density at radius 2 is 1.56 bits per heavy atom. The molecule has 0 saturated heterocycles. The van der Waals surface area contributed by atoms with Crippen LogP contribution in [-0.4, -0.2) is 29.3 Å². The lowest BCUT2D eigenvalue weighted by molar-refractivity contribution is -0.140. The largest absolute Gasteiger partial charge is 0.354 e. The van der Waals surface area contributed by atoms with Crippen molar-refractivity contribution >= 4 is 27.7 Å². The number of amides is 2. The average molecular weight is 521 g/mol. The molecule has 0 aliphatic carbocycles. The van der Waals surface area contributed by atoms with E-state index in [-0.39, 0.29) is 18.2 Å². The fourth-order valence-corrected chi connectivity index (χ4v) is 4.24. The average Bonchev–Trinajstić information content (AvgIpc) is 2.82. The molecule has 0 fully saturated rings. The Morgan fingerprint density at radius 3 is 2.21 bits per heavy atom. The van der Waals surface area contributed by atoms with E-state index < -0.39 is 6.04 Å². The molecule has 3 aromatic rings. The zero-order valence-corrected chi connectivity index (χ0v) is 21.7. The van der Waals surface area contributed by atoms with Crippen LogP contribution in [0.3, 0.4) is 0 Å². The van der Waals surface area contributed by atoms with Gasteiger partial charge in [-0.15, -0.1) is 0 Å². The summed E-state index contributed by atoms with van der Waals surface area (Å²) in [5.41, 5.74) is 4.09. The van der Waals surface area contributed by atoms with Crippen LogP contribution in [-0.2, 0) is 29.0 Å². The maximum atomic E-state index is 13.7. The molecule has 3 rings (SSSR count). The smallest absolute Gasteiger partial charge is 0.243 e. The molecule has 0 aliphatic heterocycles. The van der Waals surface area contributed by atoms with Crippen LogP contribution in [0.25, 0.3) is 0 Å². The first-order valence-electron chi connectivity index (χ1n) is 11.7. The molecule has 0 spiro atoms. The maximum absolute atomic E-state index is 13.7. The van der Waals surface area contributed by atoms with Gasteiger partial charge in [0.1, 0.15) is 6.04 Å². The van der Waals surface area contributed by atoms with E-state index in [1.54, 1.807) is 4.90 Å². The highest BCUT2D eigenvalue weighted by Crippen LogP contribution is 2.19. The van der Waals surface area contributed by atoms with Crippen LogP contribution in [0.15, 0.2) is 83.3 Å². The van der Waals surface area contributed by atoms with Crippen molar-refractivity contribution in [3.8, 4) is 0 Å². The predicted octanol–water partition coefficient (Wildman–Crippen LogP) is 5.71. The molecule has 3 aromatic carbocycles. The summed E-state index contributed by atoms with van der Waals surface area (Å²) < 4.78 is 0.944. The Hall–Kier alpha value is -2.92. The number of hydrogen-bond acceptors (Lipinski definition) is 2. The van der Waals surface area contributed by atoms with Crippen LogP contribution in [0.1, 0.15) is 36.1 Å². The number of aryl methyl sites for hydroxylation is 1. The first-order valence-corrected chi connectivity index (χ1v) is 12.5. The van der Waals surface area contributed by atoms with Crippen LogP contribution in [0.5, 0.6) is 0 Å². The Labute approximate surface area is 211 Å². The number of halogens is 1. The third-order valence-electron chi connectivity index (χ3n) is 5.67. The van der Waals surface area contributed by atoms with Crippen molar-refractivity contribution in [2.45, 2.75) is 46.2 Å². The molecule has 178 valence electrons. The van der Waals surface area contributed by atoms with Crippen molar-refractivity contribution < 1.29 is 9.59 Å². The normalized spacial score (nSPS) is 11.8. The molecular weight excluding hydrogens is 488 g/mol. The molecule has 0 radical (unpaired) electrons. The summed E-state index contributed by atoms with van der Waals surface area (Å²) in [6.45, 7) is 7.08. The van der Waals surface area contributed by atoms with Gasteiger partial charge in [-0.25, -0.2) is 0 Å². The van der Waals surface area contributed by atoms with E-state index >= 15 is 0 Å². The number of rotatable bonds is 10. The van der Waals surface area contributed by atoms with E-state index in [9.17, 15) is 9.59 Å². The van der Waals surface area contributed by atoms with Gasteiger partial charge >= 0.3 is 0 Å². The second-order valence-electron chi connectivity index (χ2n) is 9.16. The van der Waals surface area contributed by atoms with E-state index in [4.69, 9.17) is 0 Å². The van der Waals surface area contributed by atoms with Crippen molar-refractivity contribution in [3.05, 3.63) is 106 Å². The molecule has 1 atom stereocenters. The molecule has 1 N–H and O–H groups in total. The van der Waals surface area contributed by atoms with E-state index in [1.807, 2.05) is 85.8 Å². The van der Waals surface area contributed by atoms with E-state index in [2.05, 4.69) is 35.1 Å². The first-order chi connectivity index (χ1) is 16.3. The number of carbonyl (C=O) groups excluding carboxylic acids is 2. The molecule has 2 amide bonds. The Morgan fingerprint density at radius 1 is 0.882 bits per heavy atom. The van der Waals surface area contributed by atoms with Crippen LogP contribution in [0.2, 0.25) is 0 Å². The number of nitrogens with zero attached hydrogens (tertiary/aromatic N) is 1. The van der Waals surface area contributed by atoms with Gasteiger partial charge in [-0.3, -0.25) is 9.59 Å². The van der Waals surface area contributed by atoms with Crippen LogP contribution >= 0.6 is 15.9 Å². The van der Waals surface area contributed by atoms with Crippen molar-refractivity contribution in [2.75, 3.05) is 6.54 Å². The quantitative estimate of drug-likeness (QED) is 0.372. The summed E-state index contributed by atoms with van der Waals surface area (Å²) in [6, 6.07) is 25.2. The van der Waals surface area contributed by atoms with Gasteiger partial charge in [-0.05, 0) is 41.7 Å². The minimum absolute atomic E-state index is 0.0653. The van der Waals surface area contributed by atoms with Crippen molar-refractivity contribution in [2.24, 2.45) is 5.92 Å². The monoisotopic (exact) mass is 520 g/mol. The van der Waals surface area contributed by atoms with Crippen LogP contribution in [0, 0.1) is 12.8 Å². The maximum Gasteiger partial charge on any atom is 0.243 e. The lowest BCUT2D eigenvalue weighted by Crippen LogP contribution is -2.51. The molecule has 0 saturated carbocycles. The van der Waals surface area contributed by atoms with E-state index in [0.717, 1.165) is 26.7 Å². The van der Waals surface area contributed by atoms with Crippen LogP contribution < -0.4 is 5.32 Å². The number of carbonyl (C=O) groups is 2. The lowest BCUT2D eigenvalue weighted by atomic mass is 10.0. The second-order valence-corrected chi connectivity index (χ2v) is 10.1. The number of hydrogen-bond donors (Lipinski definition) is 1. The van der Waals surface area contributed by atoms with Gasteiger partial charge in [0.25, 0.3) is 0 Å². The number of benzene rings is 3. The molecule has 5 heteroatoms. The van der Waals surface area contributed by atoms with E-state index in [1.165, 1.54) is 0 Å². The molecular formula is C29H33BrN2O2. The molecule has 0 bridgehead atoms. The van der Waals surface area contributed by atoms with Gasteiger partial charge < -0.3 is 10.2 Å². The molecule has 34 heavy (non-hydrogen) atoms. The highest BCUT2D eigenvalue weighted by molar-refractivity contribution is 9.10. The Balaban J connectivity index is 1.94. The van der Waals surface area contributed by atoms with Crippen molar-refractivity contribution in [3.63, 3.8) is 0 Å². The summed E-state index contributed by atoms with van der Waals surface area (Å²) >= 11 is 3.53. The Kier molecular flexibility index (Phi) is 9.46. The zero-order valence-electron chi connectivity index (χ0n) is 20.1. The molecule has 0 aromatic heterocycles. The summed E-state index contributed by atoms with van der Waals surface area (Å²) in [4.78, 5) is 28.9. The molecule has 0 unspecified atom stereocenters. The van der Waals surface area contributed by atoms with Gasteiger partial charge in [0.15, 0.2) is 0 Å². The standard InChI is InChI=1S/C29H33BrN2O2/c1-21(2)19-31-29(34)27(17-23-8-5-4-6-9-23)32(20-25-10-7-11-26(30)16-25)28(33)18-24-14-12-22(3)13-15-24/h4-16,21,27H,17-20H2,1-3H3,(H,31,34)/t27-/m0/s1. The predicted molar refractivity (Wildman–Crippen MR) is 141 cm³/mol. The van der Waals surface area contributed by atoms with Gasteiger partial charge in [0.05, 0.1) is 6.42 Å². The highest BCUT2D eigenvalue weighted by Gasteiger charge is 2.30. The molecule has 4 nitrogen and oxygen atoms in total. The Bertz CT molecular complexity index is 1080. The van der Waals surface area contributed by atoms with Crippen molar-refractivity contribution in [1.82, 2.24) is 10.2 Å². The van der Waals surface area contributed by atoms with Crippen LogP contribution in [0.4, 0.5) is 0 Å². The SMILES string of the molecule is Cc1ccc(CC(=O)N(Cc2cccc(Br)c2)[C@@H](Cc2ccccc2)C(=O)NCC(C)C)cc1. The topological polar surface area (TPSA) is 49.4 Å². The highest BCUT2D eigenvalue weighted by atomic mass is 79.9. The third-order valence-corrected chi connectivity index (χ3v) is 6.17. The minimum Gasteiger partial charge on any atom is -0.354 e. The zero-order chi connectivity index (χ0) is 24.5. The molecule has 0 heterocycles. The summed E-state index contributed by atoms with van der Waals surface area (Å²) in [5.74, 6) is 0.136. The summed E-state index contributed by atoms with van der Waals surface area (Å²) in [5, 5.41) is 3.06. The summed E-state index contributed by atoms with van der Waals surface area (Å²) in [7, 11) is 0. The van der Waals surface area contributed by atoms with Gasteiger partial charge in [0.2, 0.25) is 11.8 Å². The van der Waals surface area contributed by atoms with Gasteiger partial charge in [0, 0.05) is 24.0 Å². The fourth-order valence-electron chi connectivity index (χ4n) is 3.79. The van der Waals surface area contributed by atoms with Crippen molar-refractivity contribution in [1.29, 1.82) is 0 Å². The summed E-state index contributed by atoms with van der Waals surface area (Å²) in [6.07, 6.45) is 0.704. The molecule has 0 aliphatic rings. The van der Waals surface area contributed by atoms with E-state index in [0.29, 0.717) is 25.4 Å². The second kappa shape index (κ2) is 12.5. The third kappa shape index (κ3) is 7.84. The first kappa shape index (κ1) is 25.7. The number of nitrogens with one attached hydrogen (secondary N) is 1.